The molecule has 0 amide bonds. The number of ketones is 1. The largest absolute Gasteiger partial charge is 0.461 e. The van der Waals surface area contributed by atoms with E-state index in [1.165, 1.54) is 6.08 Å². The Hall–Kier alpha value is -2.60. The van der Waals surface area contributed by atoms with Crippen LogP contribution in [0.4, 0.5) is 0 Å². The van der Waals surface area contributed by atoms with Gasteiger partial charge in [0.1, 0.15) is 23.2 Å². The van der Waals surface area contributed by atoms with Crippen LogP contribution in [0.3, 0.4) is 0 Å². The summed E-state index contributed by atoms with van der Waals surface area (Å²) in [5.41, 5.74) is 0.596. The van der Waals surface area contributed by atoms with Crippen molar-refractivity contribution in [1.29, 1.82) is 5.26 Å². The van der Waals surface area contributed by atoms with Gasteiger partial charge < -0.3 is 4.42 Å². The van der Waals surface area contributed by atoms with Crippen molar-refractivity contribution in [3.05, 3.63) is 65.1 Å². The lowest BCUT2D eigenvalue weighted by Gasteiger charge is -1.98. The maximum atomic E-state index is 12.3. The van der Waals surface area contributed by atoms with Gasteiger partial charge in [-0.05, 0) is 24.5 Å². The number of Topliss-reactive ketones (excluding diaryl/α,β-unsaturated/α-hetero) is 1. The average molecular weight is 277 g/mol. The quantitative estimate of drug-likeness (QED) is 0.478. The van der Waals surface area contributed by atoms with Crippen LogP contribution < -0.4 is 0 Å². The van der Waals surface area contributed by atoms with E-state index in [2.05, 4.69) is 6.92 Å². The smallest absolute Gasteiger partial charge is 0.203 e. The molecular weight excluding hydrogens is 262 g/mol. The zero-order chi connectivity index (χ0) is 14.8. The first-order chi connectivity index (χ1) is 10.2. The second kappa shape index (κ2) is 5.41. The Labute approximate surface area is 123 Å². The summed E-state index contributed by atoms with van der Waals surface area (Å²) in [5, 5.41) is 9.21. The number of hydrogen-bond donors (Lipinski definition) is 0. The highest BCUT2D eigenvalue weighted by Crippen LogP contribution is 2.47. The molecule has 0 saturated heterocycles. The normalized spacial score (nSPS) is 20.9. The summed E-state index contributed by atoms with van der Waals surface area (Å²) in [7, 11) is 0. The molecule has 3 heteroatoms. The van der Waals surface area contributed by atoms with Crippen LogP contribution in [0.15, 0.2) is 52.5 Å². The Bertz CT molecular complexity index is 734. The molecule has 0 radical (unpaired) electrons. The molecule has 1 saturated carbocycles. The van der Waals surface area contributed by atoms with Crippen molar-refractivity contribution < 1.29 is 9.21 Å². The van der Waals surface area contributed by atoms with Crippen molar-refractivity contribution in [2.24, 2.45) is 5.92 Å². The number of carbonyl (C=O) groups excluding carboxylic acids is 1. The Balaban J connectivity index is 1.84. The number of allylic oxidation sites excluding steroid dienone is 1. The first-order valence-corrected chi connectivity index (χ1v) is 7.00. The average Bonchev–Trinajstić information content (AvgIpc) is 3.07. The van der Waals surface area contributed by atoms with E-state index < -0.39 is 0 Å². The Morgan fingerprint density at radius 2 is 2.00 bits per heavy atom. The molecule has 0 bridgehead atoms. The van der Waals surface area contributed by atoms with Gasteiger partial charge in [0, 0.05) is 17.6 Å². The molecule has 104 valence electrons. The van der Waals surface area contributed by atoms with Gasteiger partial charge in [0.25, 0.3) is 0 Å². The van der Waals surface area contributed by atoms with Crippen molar-refractivity contribution >= 4 is 11.9 Å². The number of nitrogens with zero attached hydrogens (tertiary/aromatic N) is 1. The molecule has 3 rings (SSSR count). The van der Waals surface area contributed by atoms with E-state index in [-0.39, 0.29) is 11.4 Å². The fourth-order valence-electron chi connectivity index (χ4n) is 2.40. The minimum Gasteiger partial charge on any atom is -0.461 e. The van der Waals surface area contributed by atoms with Gasteiger partial charge in [0.15, 0.2) is 0 Å². The molecule has 1 aliphatic rings. The zero-order valence-corrected chi connectivity index (χ0v) is 11.7. The van der Waals surface area contributed by atoms with Crippen molar-refractivity contribution in [2.75, 3.05) is 0 Å². The second-order valence-electron chi connectivity index (χ2n) is 5.42. The molecule has 2 aromatic rings. The fraction of sp³-hybridized carbons (Fsp3) is 0.222. The SMILES string of the molecule is C[C@H]1C[C@H]1c1ccc(/C=C(\C#N)C(=O)c2ccccc2)o1. The van der Waals surface area contributed by atoms with Crippen molar-refractivity contribution in [1.82, 2.24) is 0 Å². The summed E-state index contributed by atoms with van der Waals surface area (Å²) >= 11 is 0. The van der Waals surface area contributed by atoms with E-state index in [1.807, 2.05) is 24.3 Å². The van der Waals surface area contributed by atoms with E-state index >= 15 is 0 Å². The summed E-state index contributed by atoms with van der Waals surface area (Å²) in [4.78, 5) is 12.3. The third-order valence-electron chi connectivity index (χ3n) is 3.81. The van der Waals surface area contributed by atoms with E-state index in [1.54, 1.807) is 24.3 Å². The second-order valence-corrected chi connectivity index (χ2v) is 5.42. The van der Waals surface area contributed by atoms with Crippen molar-refractivity contribution in [3.63, 3.8) is 0 Å². The molecule has 0 spiro atoms. The number of carbonyl (C=O) groups is 1. The van der Waals surface area contributed by atoms with Gasteiger partial charge in [-0.15, -0.1) is 0 Å². The molecule has 1 aromatic carbocycles. The third kappa shape index (κ3) is 2.80. The summed E-state index contributed by atoms with van der Waals surface area (Å²) in [5.74, 6) is 2.37. The minimum absolute atomic E-state index is 0.0888. The number of benzene rings is 1. The van der Waals surface area contributed by atoms with Crippen LogP contribution in [-0.4, -0.2) is 5.78 Å². The van der Waals surface area contributed by atoms with Crippen LogP contribution in [0.1, 0.15) is 41.1 Å². The summed E-state index contributed by atoms with van der Waals surface area (Å²) in [6.45, 7) is 2.18. The predicted molar refractivity (Wildman–Crippen MR) is 79.6 cm³/mol. The molecule has 1 fully saturated rings. The molecule has 21 heavy (non-hydrogen) atoms. The van der Waals surface area contributed by atoms with Crippen LogP contribution in [0.5, 0.6) is 0 Å². The lowest BCUT2D eigenvalue weighted by Crippen LogP contribution is -2.01. The Morgan fingerprint density at radius 3 is 2.62 bits per heavy atom. The molecule has 3 nitrogen and oxygen atoms in total. The Kier molecular flexibility index (Phi) is 3.45. The van der Waals surface area contributed by atoms with Crippen LogP contribution in [0, 0.1) is 17.2 Å². The van der Waals surface area contributed by atoms with Gasteiger partial charge >= 0.3 is 0 Å². The first kappa shape index (κ1) is 13.4. The third-order valence-corrected chi connectivity index (χ3v) is 3.81. The van der Waals surface area contributed by atoms with Gasteiger partial charge in [-0.3, -0.25) is 4.79 Å². The van der Waals surface area contributed by atoms with Crippen LogP contribution in [-0.2, 0) is 0 Å². The molecule has 2 atom stereocenters. The lowest BCUT2D eigenvalue weighted by molar-refractivity contribution is 0.104. The summed E-state index contributed by atoms with van der Waals surface area (Å²) in [6, 6.07) is 14.5. The van der Waals surface area contributed by atoms with E-state index in [9.17, 15) is 10.1 Å². The maximum Gasteiger partial charge on any atom is 0.203 e. The highest BCUT2D eigenvalue weighted by molar-refractivity contribution is 6.13. The molecule has 1 aromatic heterocycles. The van der Waals surface area contributed by atoms with Crippen molar-refractivity contribution in [3.8, 4) is 6.07 Å². The molecule has 1 aliphatic carbocycles. The monoisotopic (exact) mass is 277 g/mol. The van der Waals surface area contributed by atoms with E-state index in [0.29, 0.717) is 23.2 Å². The van der Waals surface area contributed by atoms with E-state index in [4.69, 9.17) is 4.42 Å². The van der Waals surface area contributed by atoms with Gasteiger partial charge in [0.05, 0.1) is 0 Å². The highest BCUT2D eigenvalue weighted by Gasteiger charge is 2.36. The van der Waals surface area contributed by atoms with E-state index in [0.717, 1.165) is 12.2 Å². The number of rotatable bonds is 4. The summed E-state index contributed by atoms with van der Waals surface area (Å²) in [6.07, 6.45) is 2.66. The first-order valence-electron chi connectivity index (χ1n) is 7.00. The molecule has 0 aliphatic heterocycles. The highest BCUT2D eigenvalue weighted by atomic mass is 16.3. The van der Waals surface area contributed by atoms with Gasteiger partial charge in [0.2, 0.25) is 5.78 Å². The topological polar surface area (TPSA) is 54.0 Å². The lowest BCUT2D eigenvalue weighted by atomic mass is 10.0. The molecule has 0 unspecified atom stereocenters. The van der Waals surface area contributed by atoms with Gasteiger partial charge in [-0.25, -0.2) is 0 Å². The molecule has 0 N–H and O–H groups in total. The standard InChI is InChI=1S/C18H15NO2/c1-12-9-16(12)17-8-7-15(21-17)10-14(11-19)18(20)13-5-3-2-4-6-13/h2-8,10,12,16H,9H2,1H3/b14-10+/t12-,16+/m0/s1. The Morgan fingerprint density at radius 1 is 1.29 bits per heavy atom. The van der Waals surface area contributed by atoms with Crippen molar-refractivity contribution in [2.45, 2.75) is 19.3 Å². The summed E-state index contributed by atoms with van der Waals surface area (Å²) < 4.78 is 5.72. The van der Waals surface area contributed by atoms with Gasteiger partial charge in [-0.2, -0.15) is 5.26 Å². The number of hydrogen-bond acceptors (Lipinski definition) is 3. The van der Waals surface area contributed by atoms with Crippen LogP contribution in [0.25, 0.3) is 6.08 Å². The minimum atomic E-state index is -0.282. The predicted octanol–water partition coefficient (Wildman–Crippen LogP) is 4.19. The zero-order valence-electron chi connectivity index (χ0n) is 11.7. The maximum absolute atomic E-state index is 12.3. The molecule has 1 heterocycles. The van der Waals surface area contributed by atoms with Crippen LogP contribution >= 0.6 is 0 Å². The molecular formula is C18H15NO2. The fourth-order valence-corrected chi connectivity index (χ4v) is 2.40. The van der Waals surface area contributed by atoms with Gasteiger partial charge in [-0.1, -0.05) is 37.3 Å². The van der Waals surface area contributed by atoms with Crippen LogP contribution in [0.2, 0.25) is 0 Å². The number of furan rings is 1. The number of nitriles is 1.